The van der Waals surface area contributed by atoms with Gasteiger partial charge in [-0.3, -0.25) is 4.98 Å². The zero-order valence-corrected chi connectivity index (χ0v) is 13.6. The summed E-state index contributed by atoms with van der Waals surface area (Å²) in [7, 11) is 3.10. The molecule has 1 aromatic heterocycles. The van der Waals surface area contributed by atoms with Crippen molar-refractivity contribution in [1.29, 1.82) is 0 Å². The van der Waals surface area contributed by atoms with Gasteiger partial charge in [0, 0.05) is 29.4 Å². The third kappa shape index (κ3) is 2.78. The number of phenols is 1. The normalized spacial score (nSPS) is 10.7. The standard InChI is InChI=1S/C18H17FN2O3/c1-10-6-12(19)15(8-16(10)22)21-13-4-5-20-14-9-18(24-3)17(23-2)7-11(13)14/h4-9,22H,1-3H3,(H,20,21). The maximum atomic E-state index is 14.1. The molecule has 124 valence electrons. The predicted molar refractivity (Wildman–Crippen MR) is 90.9 cm³/mol. The maximum Gasteiger partial charge on any atom is 0.162 e. The number of methoxy groups -OCH3 is 2. The molecule has 0 aliphatic carbocycles. The van der Waals surface area contributed by atoms with Crippen LogP contribution in [-0.4, -0.2) is 24.3 Å². The first-order chi connectivity index (χ1) is 11.5. The van der Waals surface area contributed by atoms with Gasteiger partial charge in [-0.15, -0.1) is 0 Å². The molecule has 0 atom stereocenters. The monoisotopic (exact) mass is 328 g/mol. The number of aryl methyl sites for hydroxylation is 1. The lowest BCUT2D eigenvalue weighted by molar-refractivity contribution is 0.356. The van der Waals surface area contributed by atoms with Crippen LogP contribution in [0.2, 0.25) is 0 Å². The molecule has 0 saturated heterocycles. The van der Waals surface area contributed by atoms with E-state index >= 15 is 0 Å². The number of halogens is 1. The lowest BCUT2D eigenvalue weighted by atomic mass is 10.1. The molecule has 0 saturated carbocycles. The van der Waals surface area contributed by atoms with Gasteiger partial charge < -0.3 is 19.9 Å². The number of benzene rings is 2. The Morgan fingerprint density at radius 3 is 2.46 bits per heavy atom. The Bertz CT molecular complexity index is 912. The SMILES string of the molecule is COc1cc2nccc(Nc3cc(O)c(C)cc3F)c2cc1OC. The molecular weight excluding hydrogens is 311 g/mol. The molecule has 1 heterocycles. The van der Waals surface area contributed by atoms with Crippen molar-refractivity contribution in [2.45, 2.75) is 6.92 Å². The summed E-state index contributed by atoms with van der Waals surface area (Å²) in [5, 5.41) is 13.6. The van der Waals surface area contributed by atoms with E-state index in [0.717, 1.165) is 5.39 Å². The molecular formula is C18H17FN2O3. The molecule has 0 aliphatic heterocycles. The Balaban J connectivity index is 2.11. The van der Waals surface area contributed by atoms with E-state index in [0.29, 0.717) is 28.3 Å². The van der Waals surface area contributed by atoms with Crippen molar-refractivity contribution >= 4 is 22.3 Å². The van der Waals surface area contributed by atoms with Crippen molar-refractivity contribution in [3.05, 3.63) is 47.9 Å². The van der Waals surface area contributed by atoms with Crippen LogP contribution in [0.25, 0.3) is 10.9 Å². The second-order valence-electron chi connectivity index (χ2n) is 5.33. The summed E-state index contributed by atoms with van der Waals surface area (Å²) in [5.74, 6) is 0.689. The van der Waals surface area contributed by atoms with Gasteiger partial charge in [0.2, 0.25) is 0 Å². The van der Waals surface area contributed by atoms with Crippen LogP contribution in [0.1, 0.15) is 5.56 Å². The Kier molecular flexibility index (Phi) is 4.12. The van der Waals surface area contributed by atoms with Crippen LogP contribution in [0.5, 0.6) is 17.2 Å². The van der Waals surface area contributed by atoms with E-state index in [1.54, 1.807) is 45.5 Å². The number of nitrogens with one attached hydrogen (secondary N) is 1. The lowest BCUT2D eigenvalue weighted by Crippen LogP contribution is -1.97. The molecule has 0 spiro atoms. The number of nitrogens with zero attached hydrogens (tertiary/aromatic N) is 1. The van der Waals surface area contributed by atoms with Crippen LogP contribution >= 0.6 is 0 Å². The van der Waals surface area contributed by atoms with Gasteiger partial charge in [0.1, 0.15) is 11.6 Å². The Hall–Kier alpha value is -3.02. The van der Waals surface area contributed by atoms with E-state index in [9.17, 15) is 9.50 Å². The molecule has 2 N–H and O–H groups in total. The quantitative estimate of drug-likeness (QED) is 0.753. The first-order valence-electron chi connectivity index (χ1n) is 7.30. The molecule has 5 nitrogen and oxygen atoms in total. The van der Waals surface area contributed by atoms with Crippen molar-refractivity contribution in [3.8, 4) is 17.2 Å². The van der Waals surface area contributed by atoms with Gasteiger partial charge in [0.25, 0.3) is 0 Å². The molecule has 2 aromatic carbocycles. The smallest absolute Gasteiger partial charge is 0.162 e. The highest BCUT2D eigenvalue weighted by Crippen LogP contribution is 2.36. The Morgan fingerprint density at radius 1 is 1.04 bits per heavy atom. The second kappa shape index (κ2) is 6.23. The number of anilines is 2. The summed E-state index contributed by atoms with van der Waals surface area (Å²) in [4.78, 5) is 4.30. The van der Waals surface area contributed by atoms with Gasteiger partial charge in [0.15, 0.2) is 11.5 Å². The zero-order chi connectivity index (χ0) is 17.3. The van der Waals surface area contributed by atoms with Crippen LogP contribution in [-0.2, 0) is 0 Å². The summed E-state index contributed by atoms with van der Waals surface area (Å²) in [6, 6.07) is 7.89. The number of fused-ring (bicyclic) bond motifs is 1. The average molecular weight is 328 g/mol. The molecule has 3 rings (SSSR count). The van der Waals surface area contributed by atoms with E-state index in [1.165, 1.54) is 12.1 Å². The molecule has 6 heteroatoms. The number of aromatic hydroxyl groups is 1. The number of hydrogen-bond acceptors (Lipinski definition) is 5. The molecule has 0 aliphatic rings. The average Bonchev–Trinajstić information content (AvgIpc) is 2.58. The highest BCUT2D eigenvalue weighted by molar-refractivity contribution is 5.95. The summed E-state index contributed by atoms with van der Waals surface area (Å²) >= 11 is 0. The number of hydrogen-bond donors (Lipinski definition) is 2. The van der Waals surface area contributed by atoms with Crippen LogP contribution in [0, 0.1) is 12.7 Å². The topological polar surface area (TPSA) is 63.6 Å². The second-order valence-corrected chi connectivity index (χ2v) is 5.33. The fraction of sp³-hybridized carbons (Fsp3) is 0.167. The Morgan fingerprint density at radius 2 is 1.75 bits per heavy atom. The first kappa shape index (κ1) is 15.9. The molecule has 0 fully saturated rings. The third-order valence-corrected chi connectivity index (χ3v) is 3.80. The van der Waals surface area contributed by atoms with Crippen molar-refractivity contribution in [2.24, 2.45) is 0 Å². The van der Waals surface area contributed by atoms with Crippen LogP contribution < -0.4 is 14.8 Å². The van der Waals surface area contributed by atoms with E-state index in [1.807, 2.05) is 0 Å². The van der Waals surface area contributed by atoms with E-state index in [-0.39, 0.29) is 11.4 Å². The van der Waals surface area contributed by atoms with Gasteiger partial charge in [-0.25, -0.2) is 4.39 Å². The molecule has 3 aromatic rings. The van der Waals surface area contributed by atoms with Crippen molar-refractivity contribution in [1.82, 2.24) is 4.98 Å². The zero-order valence-electron chi connectivity index (χ0n) is 13.6. The number of phenolic OH excluding ortho intramolecular Hbond substituents is 1. The molecule has 0 unspecified atom stereocenters. The number of rotatable bonds is 4. The highest BCUT2D eigenvalue weighted by Gasteiger charge is 2.12. The molecule has 24 heavy (non-hydrogen) atoms. The maximum absolute atomic E-state index is 14.1. The van der Waals surface area contributed by atoms with E-state index in [2.05, 4.69) is 10.3 Å². The van der Waals surface area contributed by atoms with Crippen molar-refractivity contribution in [3.63, 3.8) is 0 Å². The van der Waals surface area contributed by atoms with Crippen molar-refractivity contribution < 1.29 is 19.0 Å². The van der Waals surface area contributed by atoms with Crippen molar-refractivity contribution in [2.75, 3.05) is 19.5 Å². The fourth-order valence-corrected chi connectivity index (χ4v) is 2.48. The number of ether oxygens (including phenoxy) is 2. The highest BCUT2D eigenvalue weighted by atomic mass is 19.1. The van der Waals surface area contributed by atoms with Crippen LogP contribution in [0.4, 0.5) is 15.8 Å². The molecule has 0 radical (unpaired) electrons. The van der Waals surface area contributed by atoms with E-state index < -0.39 is 5.82 Å². The lowest BCUT2D eigenvalue weighted by Gasteiger charge is -2.14. The first-order valence-corrected chi connectivity index (χ1v) is 7.30. The van der Waals surface area contributed by atoms with Crippen LogP contribution in [0.15, 0.2) is 36.5 Å². The van der Waals surface area contributed by atoms with Gasteiger partial charge in [-0.2, -0.15) is 0 Å². The third-order valence-electron chi connectivity index (χ3n) is 3.80. The molecule has 0 bridgehead atoms. The largest absolute Gasteiger partial charge is 0.508 e. The summed E-state index contributed by atoms with van der Waals surface area (Å²) < 4.78 is 24.7. The summed E-state index contributed by atoms with van der Waals surface area (Å²) in [6.07, 6.45) is 1.61. The Labute approximate surface area is 138 Å². The van der Waals surface area contributed by atoms with Crippen LogP contribution in [0.3, 0.4) is 0 Å². The predicted octanol–water partition coefficient (Wildman–Crippen LogP) is 4.15. The number of aromatic nitrogens is 1. The summed E-state index contributed by atoms with van der Waals surface area (Å²) in [5.41, 5.74) is 1.97. The van der Waals surface area contributed by atoms with Gasteiger partial charge in [-0.1, -0.05) is 0 Å². The van der Waals surface area contributed by atoms with Gasteiger partial charge in [-0.05, 0) is 30.7 Å². The minimum absolute atomic E-state index is 0.0245. The van der Waals surface area contributed by atoms with Gasteiger partial charge >= 0.3 is 0 Å². The minimum Gasteiger partial charge on any atom is -0.508 e. The molecule has 0 amide bonds. The van der Waals surface area contributed by atoms with E-state index in [4.69, 9.17) is 9.47 Å². The fourth-order valence-electron chi connectivity index (χ4n) is 2.48. The number of pyridine rings is 1. The minimum atomic E-state index is -0.448. The van der Waals surface area contributed by atoms with Gasteiger partial charge in [0.05, 0.1) is 25.4 Å². The summed E-state index contributed by atoms with van der Waals surface area (Å²) in [6.45, 7) is 1.64.